The molecule has 0 aliphatic heterocycles. The van der Waals surface area contributed by atoms with Gasteiger partial charge in [0, 0.05) is 22.6 Å². The molecule has 0 aliphatic carbocycles. The maximum atomic E-state index is 13.7. The molecule has 0 heterocycles. The van der Waals surface area contributed by atoms with Gasteiger partial charge in [-0.1, -0.05) is 22.0 Å². The molecule has 20 heavy (non-hydrogen) atoms. The average molecular weight is 339 g/mol. The largest absolute Gasteiger partial charge is 0.378 e. The van der Waals surface area contributed by atoms with E-state index < -0.39 is 4.92 Å². The second-order valence-electron chi connectivity index (χ2n) is 4.37. The van der Waals surface area contributed by atoms with E-state index in [2.05, 4.69) is 21.2 Å². The van der Waals surface area contributed by atoms with E-state index in [1.165, 1.54) is 12.1 Å². The molecule has 0 aromatic heterocycles. The van der Waals surface area contributed by atoms with Gasteiger partial charge in [-0.3, -0.25) is 10.1 Å². The monoisotopic (exact) mass is 338 g/mol. The molecule has 6 heteroatoms. The predicted octanol–water partition coefficient (Wildman–Crippen LogP) is 4.42. The number of benzene rings is 2. The topological polar surface area (TPSA) is 55.2 Å². The van der Waals surface area contributed by atoms with Crippen molar-refractivity contribution < 1.29 is 9.31 Å². The van der Waals surface area contributed by atoms with Crippen LogP contribution in [0.2, 0.25) is 0 Å². The Morgan fingerprint density at radius 2 is 2.05 bits per heavy atom. The van der Waals surface area contributed by atoms with Gasteiger partial charge in [-0.25, -0.2) is 4.39 Å². The fourth-order valence-corrected chi connectivity index (χ4v) is 2.16. The molecular weight excluding hydrogens is 327 g/mol. The number of aryl methyl sites for hydroxylation is 1. The summed E-state index contributed by atoms with van der Waals surface area (Å²) >= 11 is 3.20. The lowest BCUT2D eigenvalue weighted by molar-refractivity contribution is -0.385. The zero-order chi connectivity index (χ0) is 14.7. The second-order valence-corrected chi connectivity index (χ2v) is 5.28. The molecule has 0 aliphatic rings. The Kier molecular flexibility index (Phi) is 4.34. The number of hydrogen-bond donors (Lipinski definition) is 1. The quantitative estimate of drug-likeness (QED) is 0.663. The lowest BCUT2D eigenvalue weighted by atomic mass is 10.1. The molecule has 0 fully saturated rings. The highest BCUT2D eigenvalue weighted by molar-refractivity contribution is 9.10. The van der Waals surface area contributed by atoms with Gasteiger partial charge in [-0.05, 0) is 36.8 Å². The maximum absolute atomic E-state index is 13.7. The minimum Gasteiger partial charge on any atom is -0.378 e. The smallest absolute Gasteiger partial charge is 0.275 e. The standard InChI is InChI=1S/C14H12BrFN2O2/c1-9-2-5-13(12(16)6-9)17-8-10-3-4-11(15)7-14(10)18(19)20/h2-7,17H,8H2,1H3. The van der Waals surface area contributed by atoms with Crippen molar-refractivity contribution in [2.45, 2.75) is 13.5 Å². The first-order chi connectivity index (χ1) is 9.47. The van der Waals surface area contributed by atoms with Crippen molar-refractivity contribution in [3.8, 4) is 0 Å². The number of nitro benzene ring substituents is 1. The molecule has 0 unspecified atom stereocenters. The van der Waals surface area contributed by atoms with E-state index >= 15 is 0 Å². The van der Waals surface area contributed by atoms with Crippen molar-refractivity contribution in [1.82, 2.24) is 0 Å². The SMILES string of the molecule is Cc1ccc(NCc2ccc(Br)cc2[N+](=O)[O-])c(F)c1. The minimum atomic E-state index is -0.451. The molecule has 2 rings (SSSR count). The van der Waals surface area contributed by atoms with E-state index in [4.69, 9.17) is 0 Å². The fourth-order valence-electron chi connectivity index (χ4n) is 1.81. The van der Waals surface area contributed by atoms with Gasteiger partial charge in [0.1, 0.15) is 5.82 Å². The molecule has 0 saturated carbocycles. The van der Waals surface area contributed by atoms with Crippen molar-refractivity contribution in [3.63, 3.8) is 0 Å². The highest BCUT2D eigenvalue weighted by Gasteiger charge is 2.14. The molecule has 0 amide bonds. The third kappa shape index (κ3) is 3.33. The van der Waals surface area contributed by atoms with Crippen LogP contribution in [0.25, 0.3) is 0 Å². The van der Waals surface area contributed by atoms with Gasteiger partial charge in [0.25, 0.3) is 5.69 Å². The van der Waals surface area contributed by atoms with Crippen LogP contribution in [0, 0.1) is 22.9 Å². The van der Waals surface area contributed by atoms with Crippen LogP contribution in [0.4, 0.5) is 15.8 Å². The van der Waals surface area contributed by atoms with Gasteiger partial charge >= 0.3 is 0 Å². The summed E-state index contributed by atoms with van der Waals surface area (Å²) in [6, 6.07) is 9.61. The van der Waals surface area contributed by atoms with Crippen molar-refractivity contribution in [1.29, 1.82) is 0 Å². The zero-order valence-corrected chi connectivity index (χ0v) is 12.3. The summed E-state index contributed by atoms with van der Waals surface area (Å²) < 4.78 is 14.3. The maximum Gasteiger partial charge on any atom is 0.275 e. The summed E-state index contributed by atoms with van der Waals surface area (Å²) in [7, 11) is 0. The predicted molar refractivity (Wildman–Crippen MR) is 79.3 cm³/mol. The highest BCUT2D eigenvalue weighted by atomic mass is 79.9. The zero-order valence-electron chi connectivity index (χ0n) is 10.7. The van der Waals surface area contributed by atoms with Crippen molar-refractivity contribution >= 4 is 27.3 Å². The first-order valence-corrected chi connectivity index (χ1v) is 6.69. The van der Waals surface area contributed by atoms with Crippen LogP contribution in [0.1, 0.15) is 11.1 Å². The Balaban J connectivity index is 2.20. The molecule has 0 saturated heterocycles. The Morgan fingerprint density at radius 3 is 2.70 bits per heavy atom. The summed E-state index contributed by atoms with van der Waals surface area (Å²) in [5, 5.41) is 13.9. The van der Waals surface area contributed by atoms with E-state index in [-0.39, 0.29) is 18.0 Å². The van der Waals surface area contributed by atoms with Gasteiger partial charge in [-0.2, -0.15) is 0 Å². The summed E-state index contributed by atoms with van der Waals surface area (Å²) in [6.07, 6.45) is 0. The number of nitrogens with one attached hydrogen (secondary N) is 1. The molecule has 0 spiro atoms. The van der Waals surface area contributed by atoms with Gasteiger partial charge in [0.2, 0.25) is 0 Å². The third-order valence-corrected chi connectivity index (χ3v) is 3.33. The molecule has 4 nitrogen and oxygen atoms in total. The van der Waals surface area contributed by atoms with Crippen LogP contribution in [0.5, 0.6) is 0 Å². The lowest BCUT2D eigenvalue weighted by Gasteiger charge is -2.09. The van der Waals surface area contributed by atoms with E-state index in [9.17, 15) is 14.5 Å². The van der Waals surface area contributed by atoms with Crippen LogP contribution in [-0.4, -0.2) is 4.92 Å². The number of anilines is 1. The average Bonchev–Trinajstić information content (AvgIpc) is 2.38. The van der Waals surface area contributed by atoms with Crippen LogP contribution in [-0.2, 0) is 6.54 Å². The van der Waals surface area contributed by atoms with Gasteiger partial charge in [0.15, 0.2) is 0 Å². The Labute approximate surface area is 123 Å². The molecule has 1 N–H and O–H groups in total. The van der Waals surface area contributed by atoms with Crippen molar-refractivity contribution in [2.75, 3.05) is 5.32 Å². The van der Waals surface area contributed by atoms with Gasteiger partial charge in [0.05, 0.1) is 10.6 Å². The normalized spacial score (nSPS) is 10.3. The molecule has 104 valence electrons. The lowest BCUT2D eigenvalue weighted by Crippen LogP contribution is -2.04. The van der Waals surface area contributed by atoms with Crippen molar-refractivity contribution in [2.24, 2.45) is 0 Å². The molecule has 2 aromatic carbocycles. The summed E-state index contributed by atoms with van der Waals surface area (Å²) in [5.74, 6) is -0.371. The van der Waals surface area contributed by atoms with Gasteiger partial charge in [-0.15, -0.1) is 0 Å². The summed E-state index contributed by atoms with van der Waals surface area (Å²) in [6.45, 7) is 1.98. The fraction of sp³-hybridized carbons (Fsp3) is 0.143. The highest BCUT2D eigenvalue weighted by Crippen LogP contribution is 2.25. The Morgan fingerprint density at radius 1 is 1.30 bits per heavy atom. The van der Waals surface area contributed by atoms with Crippen LogP contribution in [0.15, 0.2) is 40.9 Å². The number of hydrogen-bond acceptors (Lipinski definition) is 3. The third-order valence-electron chi connectivity index (χ3n) is 2.84. The number of rotatable bonds is 4. The second kappa shape index (κ2) is 6.00. The van der Waals surface area contributed by atoms with E-state index in [0.29, 0.717) is 15.7 Å². The van der Waals surface area contributed by atoms with E-state index in [0.717, 1.165) is 5.56 Å². The molecule has 0 bridgehead atoms. The Bertz CT molecular complexity index is 662. The number of nitrogens with zero attached hydrogens (tertiary/aromatic N) is 1. The van der Waals surface area contributed by atoms with Gasteiger partial charge < -0.3 is 5.32 Å². The first kappa shape index (κ1) is 14.5. The van der Waals surface area contributed by atoms with Crippen molar-refractivity contribution in [3.05, 3.63) is 67.9 Å². The summed E-state index contributed by atoms with van der Waals surface area (Å²) in [4.78, 5) is 10.5. The van der Waals surface area contributed by atoms with Crippen LogP contribution in [0.3, 0.4) is 0 Å². The molecule has 0 atom stereocenters. The summed E-state index contributed by atoms with van der Waals surface area (Å²) in [5.41, 5.74) is 1.65. The Hall–Kier alpha value is -1.95. The number of halogens is 2. The molecule has 0 radical (unpaired) electrons. The van der Waals surface area contributed by atoms with E-state index in [1.807, 2.05) is 0 Å². The molecular formula is C14H12BrFN2O2. The minimum absolute atomic E-state index is 0.000560. The van der Waals surface area contributed by atoms with Crippen LogP contribution >= 0.6 is 15.9 Å². The van der Waals surface area contributed by atoms with E-state index in [1.54, 1.807) is 31.2 Å². The number of nitro groups is 1. The van der Waals surface area contributed by atoms with Crippen LogP contribution < -0.4 is 5.32 Å². The first-order valence-electron chi connectivity index (χ1n) is 5.90. The molecule has 2 aromatic rings.